The van der Waals surface area contributed by atoms with Crippen molar-refractivity contribution in [2.75, 3.05) is 11.9 Å². The smallest absolute Gasteiger partial charge is 0.404 e. The van der Waals surface area contributed by atoms with Gasteiger partial charge in [-0.3, -0.25) is 14.5 Å². The summed E-state index contributed by atoms with van der Waals surface area (Å²) in [6.07, 6.45) is -3.96. The molecule has 0 radical (unpaired) electrons. The maximum Gasteiger partial charge on any atom is 0.573 e. The molecule has 4 amide bonds. The molecule has 1 spiro atoms. The van der Waals surface area contributed by atoms with Crippen LogP contribution in [0.2, 0.25) is 0 Å². The van der Waals surface area contributed by atoms with E-state index in [0.717, 1.165) is 16.5 Å². The van der Waals surface area contributed by atoms with Crippen molar-refractivity contribution < 1.29 is 32.3 Å². The Bertz CT molecular complexity index is 1040. The molecule has 7 nitrogen and oxygen atoms in total. The molecule has 10 heteroatoms. The molecule has 1 fully saturated rings. The third-order valence-corrected chi connectivity index (χ3v) is 5.11. The first kappa shape index (κ1) is 19.7. The number of nitrogens with zero attached hydrogens (tertiary/aromatic N) is 1. The molecule has 2 N–H and O–H groups in total. The van der Waals surface area contributed by atoms with Gasteiger partial charge < -0.3 is 15.4 Å². The lowest BCUT2D eigenvalue weighted by Crippen LogP contribution is -2.43. The molecule has 1 saturated heterocycles. The van der Waals surface area contributed by atoms with Crippen molar-refractivity contribution in [3.63, 3.8) is 0 Å². The monoisotopic (exact) mass is 419 g/mol. The lowest BCUT2D eigenvalue weighted by Gasteiger charge is -2.22. The molecule has 0 bridgehead atoms. The third-order valence-electron chi connectivity index (χ3n) is 5.11. The summed E-state index contributed by atoms with van der Waals surface area (Å²) in [5.41, 5.74) is 0.185. The molecule has 1 aliphatic heterocycles. The van der Waals surface area contributed by atoms with Crippen LogP contribution in [0.5, 0.6) is 5.75 Å². The zero-order valence-electron chi connectivity index (χ0n) is 15.5. The summed E-state index contributed by atoms with van der Waals surface area (Å²) in [5, 5.41) is 4.94. The molecule has 1 aliphatic carbocycles. The molecule has 0 aromatic heterocycles. The number of urea groups is 1. The quantitative estimate of drug-likeness (QED) is 0.746. The summed E-state index contributed by atoms with van der Waals surface area (Å²) in [5.74, 6) is -2.00. The van der Waals surface area contributed by atoms with Crippen LogP contribution in [0.15, 0.2) is 48.5 Å². The first-order chi connectivity index (χ1) is 14.2. The number of benzene rings is 2. The number of imide groups is 1. The number of nitrogens with one attached hydrogen (secondary N) is 2. The van der Waals surface area contributed by atoms with Crippen molar-refractivity contribution in [3.8, 4) is 5.75 Å². The maximum atomic E-state index is 13.0. The highest BCUT2D eigenvalue weighted by Gasteiger charge is 2.55. The number of hydrogen-bond donors (Lipinski definition) is 2. The number of halogens is 3. The fourth-order valence-corrected chi connectivity index (χ4v) is 3.85. The van der Waals surface area contributed by atoms with Gasteiger partial charge in [0.1, 0.15) is 12.1 Å². The highest BCUT2D eigenvalue weighted by molar-refractivity contribution is 6.11. The van der Waals surface area contributed by atoms with Crippen LogP contribution in [0.25, 0.3) is 0 Å². The number of para-hydroxylation sites is 2. The van der Waals surface area contributed by atoms with E-state index in [1.165, 1.54) is 18.2 Å². The third kappa shape index (κ3) is 3.44. The van der Waals surface area contributed by atoms with Gasteiger partial charge in [-0.15, -0.1) is 13.2 Å². The molecule has 2 aliphatic rings. The van der Waals surface area contributed by atoms with E-state index in [-0.39, 0.29) is 5.69 Å². The average molecular weight is 419 g/mol. The number of ether oxygens (including phenoxy) is 1. The van der Waals surface area contributed by atoms with Crippen molar-refractivity contribution in [1.82, 2.24) is 10.2 Å². The summed E-state index contributed by atoms with van der Waals surface area (Å²) >= 11 is 0. The van der Waals surface area contributed by atoms with Gasteiger partial charge in [0.25, 0.3) is 5.91 Å². The predicted molar refractivity (Wildman–Crippen MR) is 98.4 cm³/mol. The Labute approximate surface area is 168 Å². The number of hydrogen-bond acceptors (Lipinski definition) is 4. The summed E-state index contributed by atoms with van der Waals surface area (Å²) < 4.78 is 41.5. The van der Waals surface area contributed by atoms with Gasteiger partial charge in [-0.1, -0.05) is 36.4 Å². The van der Waals surface area contributed by atoms with E-state index >= 15 is 0 Å². The Morgan fingerprint density at radius 2 is 1.83 bits per heavy atom. The fraction of sp³-hybridized carbons (Fsp3) is 0.250. The van der Waals surface area contributed by atoms with Crippen LogP contribution in [-0.4, -0.2) is 35.7 Å². The average Bonchev–Trinajstić information content (AvgIpc) is 3.16. The molecule has 0 saturated carbocycles. The molecule has 1 atom stereocenters. The van der Waals surface area contributed by atoms with Gasteiger partial charge in [0, 0.05) is 0 Å². The molecular formula is C20H16F3N3O4. The highest BCUT2D eigenvalue weighted by Crippen LogP contribution is 2.41. The van der Waals surface area contributed by atoms with Crippen LogP contribution in [-0.2, 0) is 21.5 Å². The molecule has 30 heavy (non-hydrogen) atoms. The Balaban J connectivity index is 1.50. The molecule has 156 valence electrons. The lowest BCUT2D eigenvalue weighted by atomic mass is 9.92. The second-order valence-electron chi connectivity index (χ2n) is 6.98. The Kier molecular flexibility index (Phi) is 4.64. The summed E-state index contributed by atoms with van der Waals surface area (Å²) in [7, 11) is 0. The lowest BCUT2D eigenvalue weighted by molar-refractivity contribution is -0.274. The van der Waals surface area contributed by atoms with E-state index in [0.29, 0.717) is 18.4 Å². The second kappa shape index (κ2) is 7.05. The second-order valence-corrected chi connectivity index (χ2v) is 6.98. The predicted octanol–water partition coefficient (Wildman–Crippen LogP) is 2.92. The molecule has 1 unspecified atom stereocenters. The normalized spacial score (nSPS) is 20.3. The van der Waals surface area contributed by atoms with Crippen LogP contribution in [0.4, 0.5) is 23.7 Å². The van der Waals surface area contributed by atoms with Gasteiger partial charge in [-0.2, -0.15) is 0 Å². The minimum Gasteiger partial charge on any atom is -0.404 e. The van der Waals surface area contributed by atoms with Crippen LogP contribution in [0, 0.1) is 0 Å². The van der Waals surface area contributed by atoms with Crippen LogP contribution in [0.1, 0.15) is 17.5 Å². The van der Waals surface area contributed by atoms with E-state index < -0.39 is 42.0 Å². The first-order valence-corrected chi connectivity index (χ1v) is 9.07. The van der Waals surface area contributed by atoms with E-state index in [9.17, 15) is 27.6 Å². The minimum atomic E-state index is -4.94. The van der Waals surface area contributed by atoms with Crippen molar-refractivity contribution in [2.24, 2.45) is 0 Å². The number of rotatable bonds is 4. The van der Waals surface area contributed by atoms with Gasteiger partial charge in [0.2, 0.25) is 5.91 Å². The zero-order chi connectivity index (χ0) is 21.5. The topological polar surface area (TPSA) is 87.7 Å². The Hall–Kier alpha value is -3.56. The van der Waals surface area contributed by atoms with E-state index in [1.54, 1.807) is 12.1 Å². The van der Waals surface area contributed by atoms with Gasteiger partial charge >= 0.3 is 12.4 Å². The number of amides is 4. The van der Waals surface area contributed by atoms with Crippen molar-refractivity contribution in [3.05, 3.63) is 59.7 Å². The number of anilines is 1. The maximum absolute atomic E-state index is 13.0. The Morgan fingerprint density at radius 3 is 2.60 bits per heavy atom. The Morgan fingerprint density at radius 1 is 1.13 bits per heavy atom. The van der Waals surface area contributed by atoms with Crippen molar-refractivity contribution in [2.45, 2.75) is 24.7 Å². The summed E-state index contributed by atoms with van der Waals surface area (Å²) in [4.78, 5) is 38.6. The molecule has 1 heterocycles. The van der Waals surface area contributed by atoms with E-state index in [4.69, 9.17) is 0 Å². The fourth-order valence-electron chi connectivity index (χ4n) is 3.85. The largest absolute Gasteiger partial charge is 0.573 e. The zero-order valence-corrected chi connectivity index (χ0v) is 15.5. The van der Waals surface area contributed by atoms with Gasteiger partial charge in [0.05, 0.1) is 5.69 Å². The molecule has 2 aromatic rings. The van der Waals surface area contributed by atoms with Crippen LogP contribution >= 0.6 is 0 Å². The summed E-state index contributed by atoms with van der Waals surface area (Å²) in [6.45, 7) is -0.644. The molecular weight excluding hydrogens is 403 g/mol. The SMILES string of the molecule is O=C(CN1C(=O)NC2(CCc3ccccc32)C1=O)Nc1ccccc1OC(F)(F)F. The number of aryl methyl sites for hydroxylation is 1. The molecule has 4 rings (SSSR count). The van der Waals surface area contributed by atoms with Crippen molar-refractivity contribution >= 4 is 23.5 Å². The minimum absolute atomic E-state index is 0.229. The van der Waals surface area contributed by atoms with E-state index in [1.807, 2.05) is 12.1 Å². The van der Waals surface area contributed by atoms with Gasteiger partial charge in [-0.05, 0) is 36.1 Å². The van der Waals surface area contributed by atoms with Crippen LogP contribution < -0.4 is 15.4 Å². The van der Waals surface area contributed by atoms with Crippen LogP contribution in [0.3, 0.4) is 0 Å². The number of carbonyl (C=O) groups excluding carboxylic acids is 3. The summed E-state index contributed by atoms with van der Waals surface area (Å²) in [6, 6.07) is 11.5. The number of fused-ring (bicyclic) bond motifs is 2. The van der Waals surface area contributed by atoms with Gasteiger partial charge in [-0.25, -0.2) is 4.79 Å². The first-order valence-electron chi connectivity index (χ1n) is 9.07. The van der Waals surface area contributed by atoms with E-state index in [2.05, 4.69) is 15.4 Å². The van der Waals surface area contributed by atoms with Gasteiger partial charge in [0.15, 0.2) is 5.75 Å². The standard InChI is InChI=1S/C20H16F3N3O4/c21-20(22,23)30-15-8-4-3-7-14(15)24-16(27)11-26-17(28)19(25-18(26)29)10-9-12-5-1-2-6-13(12)19/h1-8H,9-11H2,(H,24,27)(H,25,29). The van der Waals surface area contributed by atoms with Crippen molar-refractivity contribution in [1.29, 1.82) is 0 Å². The highest BCUT2D eigenvalue weighted by atomic mass is 19.4. The number of carbonyl (C=O) groups is 3. The molecule has 2 aromatic carbocycles. The number of alkyl halides is 3.